The van der Waals surface area contributed by atoms with Gasteiger partial charge in [0.05, 0.1) is 13.0 Å². The SMILES string of the molecule is COC(=O)CC[C@H](NC(=O)C(c1ccccc1)c1ccccc1)C(=O)O. The minimum Gasteiger partial charge on any atom is -0.480 e. The minimum atomic E-state index is -1.19. The zero-order valence-electron chi connectivity index (χ0n) is 14.4. The number of aliphatic carboxylic acids is 1. The highest BCUT2D eigenvalue weighted by Crippen LogP contribution is 2.25. The van der Waals surface area contributed by atoms with E-state index in [1.165, 1.54) is 7.11 Å². The molecular formula is C20H21NO5. The fourth-order valence-electron chi connectivity index (χ4n) is 2.66. The van der Waals surface area contributed by atoms with Crippen LogP contribution in [0.2, 0.25) is 0 Å². The summed E-state index contributed by atoms with van der Waals surface area (Å²) in [5.41, 5.74) is 1.52. The fourth-order valence-corrected chi connectivity index (χ4v) is 2.66. The highest BCUT2D eigenvalue weighted by molar-refractivity contribution is 5.90. The van der Waals surface area contributed by atoms with E-state index >= 15 is 0 Å². The number of rotatable bonds is 8. The van der Waals surface area contributed by atoms with Crippen molar-refractivity contribution in [2.24, 2.45) is 0 Å². The lowest BCUT2D eigenvalue weighted by Gasteiger charge is -2.21. The average Bonchev–Trinajstić information content (AvgIpc) is 2.66. The molecule has 0 aliphatic heterocycles. The number of amides is 1. The first kappa shape index (κ1) is 19.2. The molecule has 6 heteroatoms. The number of ether oxygens (including phenoxy) is 1. The maximum absolute atomic E-state index is 12.9. The van der Waals surface area contributed by atoms with Gasteiger partial charge in [0.15, 0.2) is 0 Å². The number of hydrogen-bond acceptors (Lipinski definition) is 4. The van der Waals surface area contributed by atoms with Crippen molar-refractivity contribution >= 4 is 17.8 Å². The van der Waals surface area contributed by atoms with Gasteiger partial charge in [-0.2, -0.15) is 0 Å². The zero-order valence-corrected chi connectivity index (χ0v) is 14.4. The predicted octanol–water partition coefficient (Wildman–Crippen LogP) is 2.34. The number of hydrogen-bond donors (Lipinski definition) is 2. The Bertz CT molecular complexity index is 706. The lowest BCUT2D eigenvalue weighted by molar-refractivity contribution is -0.144. The summed E-state index contributed by atoms with van der Waals surface area (Å²) >= 11 is 0. The number of esters is 1. The summed E-state index contributed by atoms with van der Waals surface area (Å²) in [6, 6.07) is 17.1. The van der Waals surface area contributed by atoms with E-state index < -0.39 is 29.8 Å². The molecule has 0 heterocycles. The van der Waals surface area contributed by atoms with Gasteiger partial charge in [-0.3, -0.25) is 9.59 Å². The third-order valence-electron chi connectivity index (χ3n) is 4.01. The summed E-state index contributed by atoms with van der Waals surface area (Å²) in [5.74, 6) is -2.78. The lowest BCUT2D eigenvalue weighted by atomic mass is 9.90. The number of nitrogens with one attached hydrogen (secondary N) is 1. The van der Waals surface area contributed by atoms with Crippen LogP contribution in [0.3, 0.4) is 0 Å². The van der Waals surface area contributed by atoms with Crippen molar-refractivity contribution in [3.63, 3.8) is 0 Å². The molecular weight excluding hydrogens is 334 g/mol. The van der Waals surface area contributed by atoms with Gasteiger partial charge >= 0.3 is 11.9 Å². The van der Waals surface area contributed by atoms with Crippen molar-refractivity contribution in [3.05, 3.63) is 71.8 Å². The second-order valence-electron chi connectivity index (χ2n) is 5.77. The smallest absolute Gasteiger partial charge is 0.326 e. The van der Waals surface area contributed by atoms with Crippen LogP contribution in [-0.4, -0.2) is 36.1 Å². The Morgan fingerprint density at radius 3 is 1.88 bits per heavy atom. The molecule has 0 saturated carbocycles. The summed E-state index contributed by atoms with van der Waals surface area (Å²) in [6.07, 6.45) is -0.126. The van der Waals surface area contributed by atoms with E-state index in [-0.39, 0.29) is 12.8 Å². The summed E-state index contributed by atoms with van der Waals surface area (Å²) < 4.78 is 4.53. The molecule has 1 amide bonds. The van der Waals surface area contributed by atoms with Gasteiger partial charge in [0.2, 0.25) is 5.91 Å². The standard InChI is InChI=1S/C20H21NO5/c1-26-17(22)13-12-16(20(24)25)21-19(23)18(14-8-4-2-5-9-14)15-10-6-3-7-11-15/h2-11,16,18H,12-13H2,1H3,(H,21,23)(H,24,25)/t16-/m0/s1. The first-order valence-electron chi connectivity index (χ1n) is 8.22. The van der Waals surface area contributed by atoms with E-state index in [9.17, 15) is 19.5 Å². The molecule has 0 aromatic heterocycles. The topological polar surface area (TPSA) is 92.7 Å². The Morgan fingerprint density at radius 2 is 1.46 bits per heavy atom. The number of carboxylic acids is 1. The molecule has 0 spiro atoms. The maximum Gasteiger partial charge on any atom is 0.326 e. The highest BCUT2D eigenvalue weighted by Gasteiger charge is 2.28. The van der Waals surface area contributed by atoms with Gasteiger partial charge in [-0.1, -0.05) is 60.7 Å². The van der Waals surface area contributed by atoms with Crippen LogP contribution in [0.5, 0.6) is 0 Å². The molecule has 0 fully saturated rings. The number of carbonyl (C=O) groups excluding carboxylic acids is 2. The van der Waals surface area contributed by atoms with Crippen molar-refractivity contribution in [1.29, 1.82) is 0 Å². The summed E-state index contributed by atoms with van der Waals surface area (Å²) in [6.45, 7) is 0. The summed E-state index contributed by atoms with van der Waals surface area (Å²) in [7, 11) is 1.23. The van der Waals surface area contributed by atoms with Gasteiger partial charge < -0.3 is 15.2 Å². The second kappa shape index (κ2) is 9.36. The first-order chi connectivity index (χ1) is 12.5. The molecule has 1 atom stereocenters. The van der Waals surface area contributed by atoms with E-state index in [1.807, 2.05) is 60.7 Å². The lowest BCUT2D eigenvalue weighted by Crippen LogP contribution is -2.43. The van der Waals surface area contributed by atoms with E-state index in [2.05, 4.69) is 10.1 Å². The largest absolute Gasteiger partial charge is 0.480 e. The minimum absolute atomic E-state index is 0.0377. The van der Waals surface area contributed by atoms with Crippen molar-refractivity contribution in [3.8, 4) is 0 Å². The summed E-state index contributed by atoms with van der Waals surface area (Å²) in [4.78, 5) is 35.6. The second-order valence-corrected chi connectivity index (χ2v) is 5.77. The number of methoxy groups -OCH3 is 1. The van der Waals surface area contributed by atoms with Crippen LogP contribution in [0.4, 0.5) is 0 Å². The Balaban J connectivity index is 2.23. The van der Waals surface area contributed by atoms with Crippen molar-refractivity contribution < 1.29 is 24.2 Å². The first-order valence-corrected chi connectivity index (χ1v) is 8.22. The average molecular weight is 355 g/mol. The van der Waals surface area contributed by atoms with Crippen LogP contribution >= 0.6 is 0 Å². The molecule has 0 saturated heterocycles. The van der Waals surface area contributed by atoms with Crippen LogP contribution in [0.1, 0.15) is 29.9 Å². The van der Waals surface area contributed by atoms with Gasteiger partial charge in [0, 0.05) is 6.42 Å². The maximum atomic E-state index is 12.9. The number of benzene rings is 2. The van der Waals surface area contributed by atoms with Gasteiger partial charge in [0.1, 0.15) is 6.04 Å². The van der Waals surface area contributed by atoms with Gasteiger partial charge in [-0.25, -0.2) is 4.79 Å². The molecule has 0 radical (unpaired) electrons. The van der Waals surface area contributed by atoms with Gasteiger partial charge in [0.25, 0.3) is 0 Å². The highest BCUT2D eigenvalue weighted by atomic mass is 16.5. The molecule has 2 rings (SSSR count). The van der Waals surface area contributed by atoms with Gasteiger partial charge in [-0.15, -0.1) is 0 Å². The molecule has 0 bridgehead atoms. The van der Waals surface area contributed by atoms with Crippen LogP contribution in [0.15, 0.2) is 60.7 Å². The van der Waals surface area contributed by atoms with E-state index in [4.69, 9.17) is 0 Å². The molecule has 6 nitrogen and oxygen atoms in total. The van der Waals surface area contributed by atoms with Crippen LogP contribution in [0.25, 0.3) is 0 Å². The van der Waals surface area contributed by atoms with Crippen LogP contribution in [-0.2, 0) is 19.1 Å². The number of carbonyl (C=O) groups is 3. The molecule has 0 aliphatic rings. The third-order valence-corrected chi connectivity index (χ3v) is 4.01. The van der Waals surface area contributed by atoms with E-state index in [0.29, 0.717) is 0 Å². The third kappa shape index (κ3) is 5.17. The molecule has 0 aliphatic carbocycles. The van der Waals surface area contributed by atoms with Crippen LogP contribution in [0, 0.1) is 0 Å². The van der Waals surface area contributed by atoms with Crippen molar-refractivity contribution in [2.45, 2.75) is 24.8 Å². The quantitative estimate of drug-likeness (QED) is 0.709. The Labute approximate surface area is 151 Å². The van der Waals surface area contributed by atoms with E-state index in [0.717, 1.165) is 11.1 Å². The predicted molar refractivity (Wildman–Crippen MR) is 95.5 cm³/mol. The molecule has 2 aromatic rings. The Hall–Kier alpha value is -3.15. The van der Waals surface area contributed by atoms with Gasteiger partial charge in [-0.05, 0) is 17.5 Å². The fraction of sp³-hybridized carbons (Fsp3) is 0.250. The van der Waals surface area contributed by atoms with Crippen molar-refractivity contribution in [2.75, 3.05) is 7.11 Å². The molecule has 2 N–H and O–H groups in total. The molecule has 0 unspecified atom stereocenters. The van der Waals surface area contributed by atoms with Crippen molar-refractivity contribution in [1.82, 2.24) is 5.32 Å². The molecule has 2 aromatic carbocycles. The normalized spacial score (nSPS) is 11.6. The Kier molecular flexibility index (Phi) is 6.91. The van der Waals surface area contributed by atoms with E-state index in [1.54, 1.807) is 0 Å². The molecule has 26 heavy (non-hydrogen) atoms. The zero-order chi connectivity index (χ0) is 18.9. The number of carboxylic acid groups (broad SMARTS) is 1. The Morgan fingerprint density at radius 1 is 0.962 bits per heavy atom. The van der Waals surface area contributed by atoms with Crippen LogP contribution < -0.4 is 5.32 Å². The monoisotopic (exact) mass is 355 g/mol. The molecule has 136 valence electrons. The summed E-state index contributed by atoms with van der Waals surface area (Å²) in [5, 5.41) is 11.9.